The van der Waals surface area contributed by atoms with Gasteiger partial charge >= 0.3 is 0 Å². The summed E-state index contributed by atoms with van der Waals surface area (Å²) in [6, 6.07) is 20.9. The van der Waals surface area contributed by atoms with Crippen LogP contribution < -0.4 is 5.73 Å². The van der Waals surface area contributed by atoms with Crippen LogP contribution in [0.1, 0.15) is 20.7 Å². The zero-order valence-electron chi connectivity index (χ0n) is 12.7. The first kappa shape index (κ1) is 17.0. The average molecular weight is 389 g/mol. The third kappa shape index (κ3) is 2.42. The number of benzene rings is 3. The second-order valence-electron chi connectivity index (χ2n) is 5.30. The molecule has 24 heavy (non-hydrogen) atoms. The van der Waals surface area contributed by atoms with E-state index in [4.69, 9.17) is 5.73 Å². The SMILES string of the molecule is NCN1C(=O)c2cc[c-]c3c(-c4[c-]cccc4)ccc(c23)C1=O.[Y]. The molecular formula is C19H12N2O2Y-2. The molecule has 0 atom stereocenters. The first-order valence-electron chi connectivity index (χ1n) is 7.23. The molecule has 1 heterocycles. The van der Waals surface area contributed by atoms with Crippen LogP contribution in [0.3, 0.4) is 0 Å². The predicted octanol–water partition coefficient (Wildman–Crippen LogP) is 2.62. The van der Waals surface area contributed by atoms with Crippen LogP contribution in [0.4, 0.5) is 0 Å². The van der Waals surface area contributed by atoms with E-state index in [1.165, 1.54) is 0 Å². The Morgan fingerprint density at radius 2 is 1.58 bits per heavy atom. The molecule has 3 aromatic carbocycles. The normalized spacial score (nSPS) is 13.1. The van der Waals surface area contributed by atoms with Crippen molar-refractivity contribution in [1.29, 1.82) is 0 Å². The molecule has 2 N–H and O–H groups in total. The summed E-state index contributed by atoms with van der Waals surface area (Å²) < 4.78 is 0. The van der Waals surface area contributed by atoms with Gasteiger partial charge in [0, 0.05) is 38.3 Å². The number of carbonyl (C=O) groups is 2. The molecule has 0 unspecified atom stereocenters. The molecule has 0 spiro atoms. The van der Waals surface area contributed by atoms with Gasteiger partial charge in [0.25, 0.3) is 5.91 Å². The van der Waals surface area contributed by atoms with Gasteiger partial charge in [0.2, 0.25) is 5.91 Å². The fourth-order valence-corrected chi connectivity index (χ4v) is 3.01. The summed E-state index contributed by atoms with van der Waals surface area (Å²) in [5, 5.41) is 1.39. The number of nitrogens with zero attached hydrogens (tertiary/aromatic N) is 1. The minimum Gasteiger partial charge on any atom is -0.313 e. The van der Waals surface area contributed by atoms with Crippen LogP contribution in [0.25, 0.3) is 21.9 Å². The molecule has 4 nitrogen and oxygen atoms in total. The number of hydrogen-bond acceptors (Lipinski definition) is 3. The maximum absolute atomic E-state index is 12.5. The van der Waals surface area contributed by atoms with Crippen LogP contribution in [0, 0.1) is 12.1 Å². The summed E-state index contributed by atoms with van der Waals surface area (Å²) in [6.45, 7) is -0.134. The molecular weight excluding hydrogens is 377 g/mol. The summed E-state index contributed by atoms with van der Waals surface area (Å²) in [7, 11) is 0. The Balaban J connectivity index is 0.00000169. The van der Waals surface area contributed by atoms with Gasteiger partial charge in [-0.25, -0.2) is 0 Å². The molecule has 2 amide bonds. The number of amides is 2. The fraction of sp³-hybridized carbons (Fsp3) is 0.0526. The van der Waals surface area contributed by atoms with Gasteiger partial charge in [-0.15, -0.1) is 65.0 Å². The van der Waals surface area contributed by atoms with Gasteiger partial charge in [0.1, 0.15) is 0 Å². The van der Waals surface area contributed by atoms with E-state index < -0.39 is 0 Å². The summed E-state index contributed by atoms with van der Waals surface area (Å²) in [5.41, 5.74) is 8.32. The summed E-state index contributed by atoms with van der Waals surface area (Å²) in [4.78, 5) is 26.1. The molecule has 5 heteroatoms. The van der Waals surface area contributed by atoms with Crippen molar-refractivity contribution in [2.75, 3.05) is 6.67 Å². The van der Waals surface area contributed by atoms with Gasteiger partial charge in [0.15, 0.2) is 0 Å². The fourth-order valence-electron chi connectivity index (χ4n) is 3.01. The minimum atomic E-state index is -0.363. The Bertz CT molecular complexity index is 932. The third-order valence-electron chi connectivity index (χ3n) is 4.09. The van der Waals surface area contributed by atoms with E-state index in [2.05, 4.69) is 12.1 Å². The van der Waals surface area contributed by atoms with Crippen molar-refractivity contribution < 1.29 is 42.3 Å². The van der Waals surface area contributed by atoms with E-state index >= 15 is 0 Å². The molecule has 0 aliphatic carbocycles. The smallest absolute Gasteiger partial charge is 0.253 e. The Morgan fingerprint density at radius 3 is 2.25 bits per heavy atom. The summed E-state index contributed by atoms with van der Waals surface area (Å²) >= 11 is 0. The number of imide groups is 1. The third-order valence-corrected chi connectivity index (χ3v) is 4.09. The standard InChI is InChI=1S/C19H12N2O2.Y/c20-11-21-18(22)15-8-4-7-14-13(12-5-2-1-3-6-12)9-10-16(17(14)15)19(21)23;/h1-5,8-10H,11,20H2;/q-2;. The zero-order chi connectivity index (χ0) is 16.0. The van der Waals surface area contributed by atoms with Crippen LogP contribution in [-0.2, 0) is 32.7 Å². The Labute approximate surface area is 164 Å². The topological polar surface area (TPSA) is 63.4 Å². The predicted molar refractivity (Wildman–Crippen MR) is 86.6 cm³/mol. The van der Waals surface area contributed by atoms with Gasteiger partial charge in [0.05, 0.1) is 6.67 Å². The van der Waals surface area contributed by atoms with Gasteiger partial charge in [-0.2, -0.15) is 0 Å². The molecule has 4 rings (SSSR count). The van der Waals surface area contributed by atoms with E-state index in [1.54, 1.807) is 18.2 Å². The van der Waals surface area contributed by atoms with Gasteiger partial charge in [-0.1, -0.05) is 17.5 Å². The van der Waals surface area contributed by atoms with Crippen molar-refractivity contribution >= 4 is 22.6 Å². The van der Waals surface area contributed by atoms with Crippen molar-refractivity contribution in [3.8, 4) is 11.1 Å². The monoisotopic (exact) mass is 389 g/mol. The molecule has 0 aromatic heterocycles. The van der Waals surface area contributed by atoms with Crippen LogP contribution in [-0.4, -0.2) is 23.4 Å². The minimum absolute atomic E-state index is 0. The van der Waals surface area contributed by atoms with Crippen molar-refractivity contribution in [3.05, 3.63) is 71.8 Å². The maximum atomic E-state index is 12.5. The van der Waals surface area contributed by atoms with E-state index in [9.17, 15) is 9.59 Å². The number of carbonyl (C=O) groups excluding carboxylic acids is 2. The van der Waals surface area contributed by atoms with Crippen LogP contribution in [0.15, 0.2) is 48.5 Å². The van der Waals surface area contributed by atoms with Crippen LogP contribution in [0.2, 0.25) is 0 Å². The number of nitrogens with two attached hydrogens (primary N) is 1. The Kier molecular flexibility index (Phi) is 4.63. The average Bonchev–Trinajstić information content (AvgIpc) is 2.60. The zero-order valence-corrected chi connectivity index (χ0v) is 15.6. The Morgan fingerprint density at radius 1 is 0.875 bits per heavy atom. The second kappa shape index (κ2) is 6.56. The van der Waals surface area contributed by atoms with Gasteiger partial charge < -0.3 is 5.73 Å². The molecule has 0 bridgehead atoms. The van der Waals surface area contributed by atoms with E-state index in [0.717, 1.165) is 21.4 Å². The quantitative estimate of drug-likeness (QED) is 0.542. The first-order chi connectivity index (χ1) is 11.2. The summed E-state index contributed by atoms with van der Waals surface area (Å²) in [5.74, 6) is -0.726. The van der Waals surface area contributed by atoms with Gasteiger partial charge in [-0.05, 0) is 5.56 Å². The van der Waals surface area contributed by atoms with Crippen LogP contribution in [0.5, 0.6) is 0 Å². The molecule has 115 valence electrons. The van der Waals surface area contributed by atoms with Crippen LogP contribution >= 0.6 is 0 Å². The van der Waals surface area contributed by atoms with E-state index in [0.29, 0.717) is 16.5 Å². The van der Waals surface area contributed by atoms with Gasteiger partial charge in [-0.3, -0.25) is 14.5 Å². The Hall–Kier alpha value is -1.88. The van der Waals surface area contributed by atoms with Crippen molar-refractivity contribution in [2.24, 2.45) is 5.73 Å². The largest absolute Gasteiger partial charge is 0.313 e. The molecule has 0 fully saturated rings. The number of hydrogen-bond donors (Lipinski definition) is 1. The second-order valence-corrected chi connectivity index (χ2v) is 5.30. The molecule has 1 aliphatic rings. The van der Waals surface area contributed by atoms with Crippen molar-refractivity contribution in [1.82, 2.24) is 4.90 Å². The molecule has 0 saturated heterocycles. The molecule has 3 aromatic rings. The van der Waals surface area contributed by atoms with Crippen molar-refractivity contribution in [3.63, 3.8) is 0 Å². The van der Waals surface area contributed by atoms with E-state index in [-0.39, 0.29) is 51.2 Å². The molecule has 0 saturated carbocycles. The molecule has 1 aliphatic heterocycles. The maximum Gasteiger partial charge on any atom is 0.253 e. The summed E-state index contributed by atoms with van der Waals surface area (Å²) in [6.07, 6.45) is 0. The number of rotatable bonds is 2. The first-order valence-corrected chi connectivity index (χ1v) is 7.23. The van der Waals surface area contributed by atoms with E-state index in [1.807, 2.05) is 30.3 Å². The molecule has 1 radical (unpaired) electrons. The van der Waals surface area contributed by atoms with Crippen molar-refractivity contribution in [2.45, 2.75) is 0 Å².